The lowest BCUT2D eigenvalue weighted by atomic mass is 10.0. The lowest BCUT2D eigenvalue weighted by Crippen LogP contribution is -2.18. The summed E-state index contributed by atoms with van der Waals surface area (Å²) < 4.78 is 27.5. The quantitative estimate of drug-likeness (QED) is 0.881. The molecule has 0 bridgehead atoms. The first-order valence-corrected chi connectivity index (χ1v) is 7.07. The highest BCUT2D eigenvalue weighted by Gasteiger charge is 2.15. The van der Waals surface area contributed by atoms with E-state index in [2.05, 4.69) is 21.2 Å². The van der Waals surface area contributed by atoms with Crippen LogP contribution in [0.25, 0.3) is 0 Å². The molecule has 1 atom stereocenters. The summed E-state index contributed by atoms with van der Waals surface area (Å²) in [5.74, 6) is -1.04. The Morgan fingerprint density at radius 3 is 2.61 bits per heavy atom. The van der Waals surface area contributed by atoms with Gasteiger partial charge in [-0.2, -0.15) is 0 Å². The molecule has 0 radical (unpaired) electrons. The van der Waals surface area contributed by atoms with E-state index in [9.17, 15) is 8.78 Å². The standard InChI is InChI=1S/C13H12BrF2NS/c1-17-11(12-4-5-13(14)18-12)6-8-2-3-9(15)7-10(8)16/h2-5,7,11,17H,6H2,1H3. The van der Waals surface area contributed by atoms with Crippen molar-refractivity contribution in [3.05, 3.63) is 56.2 Å². The highest BCUT2D eigenvalue weighted by molar-refractivity contribution is 9.11. The molecule has 1 heterocycles. The summed E-state index contributed by atoms with van der Waals surface area (Å²) in [6.07, 6.45) is 0.496. The molecule has 0 saturated heterocycles. The third kappa shape index (κ3) is 3.16. The molecule has 0 saturated carbocycles. The van der Waals surface area contributed by atoms with Crippen LogP contribution in [0.3, 0.4) is 0 Å². The lowest BCUT2D eigenvalue weighted by Gasteiger charge is -2.15. The fourth-order valence-electron chi connectivity index (χ4n) is 1.77. The van der Waals surface area contributed by atoms with Gasteiger partial charge in [0.25, 0.3) is 0 Å². The zero-order chi connectivity index (χ0) is 13.1. The number of likely N-dealkylation sites (N-methyl/N-ethyl adjacent to an activating group) is 1. The Morgan fingerprint density at radius 2 is 2.06 bits per heavy atom. The van der Waals surface area contributed by atoms with Crippen molar-refractivity contribution in [1.29, 1.82) is 0 Å². The van der Waals surface area contributed by atoms with Gasteiger partial charge in [-0.3, -0.25) is 0 Å². The van der Waals surface area contributed by atoms with Crippen LogP contribution in [0.2, 0.25) is 0 Å². The van der Waals surface area contributed by atoms with Crippen LogP contribution in [0, 0.1) is 11.6 Å². The molecule has 0 spiro atoms. The van der Waals surface area contributed by atoms with Gasteiger partial charge in [0.1, 0.15) is 11.6 Å². The summed E-state index contributed by atoms with van der Waals surface area (Å²) in [6.45, 7) is 0. The maximum Gasteiger partial charge on any atom is 0.129 e. The fourth-order valence-corrected chi connectivity index (χ4v) is 3.30. The van der Waals surface area contributed by atoms with E-state index in [1.807, 2.05) is 19.2 Å². The van der Waals surface area contributed by atoms with Crippen molar-refractivity contribution in [2.45, 2.75) is 12.5 Å². The summed E-state index contributed by atoms with van der Waals surface area (Å²) in [6, 6.07) is 7.70. The van der Waals surface area contributed by atoms with Crippen molar-refractivity contribution in [1.82, 2.24) is 5.32 Å². The Hall–Kier alpha value is -0.780. The van der Waals surface area contributed by atoms with Gasteiger partial charge < -0.3 is 5.32 Å². The molecule has 18 heavy (non-hydrogen) atoms. The highest BCUT2D eigenvalue weighted by Crippen LogP contribution is 2.29. The number of thiophene rings is 1. The maximum atomic E-state index is 13.6. The molecule has 1 unspecified atom stereocenters. The smallest absolute Gasteiger partial charge is 0.129 e. The first-order chi connectivity index (χ1) is 8.60. The number of hydrogen-bond acceptors (Lipinski definition) is 2. The molecule has 2 rings (SSSR count). The minimum atomic E-state index is -0.545. The Balaban J connectivity index is 2.20. The first kappa shape index (κ1) is 13.6. The maximum absolute atomic E-state index is 13.6. The molecule has 96 valence electrons. The first-order valence-electron chi connectivity index (χ1n) is 5.46. The van der Waals surface area contributed by atoms with Crippen LogP contribution in [-0.4, -0.2) is 7.05 Å². The lowest BCUT2D eigenvalue weighted by molar-refractivity contribution is 0.544. The largest absolute Gasteiger partial charge is 0.312 e. The van der Waals surface area contributed by atoms with Crippen molar-refractivity contribution in [3.8, 4) is 0 Å². The monoisotopic (exact) mass is 331 g/mol. The van der Waals surface area contributed by atoms with E-state index in [4.69, 9.17) is 0 Å². The van der Waals surface area contributed by atoms with Gasteiger partial charge in [0.05, 0.1) is 3.79 Å². The van der Waals surface area contributed by atoms with E-state index >= 15 is 0 Å². The average Bonchev–Trinajstić information content (AvgIpc) is 2.75. The van der Waals surface area contributed by atoms with Crippen LogP contribution in [0.15, 0.2) is 34.1 Å². The van der Waals surface area contributed by atoms with E-state index in [1.165, 1.54) is 12.1 Å². The molecule has 1 N–H and O–H groups in total. The molecule has 0 aliphatic heterocycles. The van der Waals surface area contributed by atoms with E-state index in [0.29, 0.717) is 12.0 Å². The average molecular weight is 332 g/mol. The topological polar surface area (TPSA) is 12.0 Å². The van der Waals surface area contributed by atoms with Crippen molar-refractivity contribution < 1.29 is 8.78 Å². The predicted molar refractivity (Wildman–Crippen MR) is 73.9 cm³/mol. The van der Waals surface area contributed by atoms with E-state index in [1.54, 1.807) is 11.3 Å². The van der Waals surface area contributed by atoms with Crippen LogP contribution in [0.5, 0.6) is 0 Å². The Labute approximate surface area is 117 Å². The predicted octanol–water partition coefficient (Wildman–Crippen LogP) is 4.29. The summed E-state index contributed by atoms with van der Waals surface area (Å²) in [5, 5.41) is 3.15. The Kier molecular flexibility index (Phi) is 4.48. The van der Waals surface area contributed by atoms with Crippen molar-refractivity contribution in [2.24, 2.45) is 0 Å². The zero-order valence-corrected chi connectivity index (χ0v) is 12.1. The van der Waals surface area contributed by atoms with Gasteiger partial charge in [-0.25, -0.2) is 8.78 Å². The zero-order valence-electron chi connectivity index (χ0n) is 9.71. The molecule has 0 fully saturated rings. The molecule has 2 aromatic rings. The molecular weight excluding hydrogens is 320 g/mol. The van der Waals surface area contributed by atoms with Gasteiger partial charge in [0, 0.05) is 17.0 Å². The van der Waals surface area contributed by atoms with Crippen molar-refractivity contribution in [2.75, 3.05) is 7.05 Å². The SMILES string of the molecule is CNC(Cc1ccc(F)cc1F)c1ccc(Br)s1. The van der Waals surface area contributed by atoms with Gasteiger partial charge in [0.15, 0.2) is 0 Å². The van der Waals surface area contributed by atoms with E-state index < -0.39 is 11.6 Å². The van der Waals surface area contributed by atoms with E-state index in [0.717, 1.165) is 14.7 Å². The molecule has 0 aliphatic rings. The van der Waals surface area contributed by atoms with Gasteiger partial charge in [-0.15, -0.1) is 11.3 Å². The van der Waals surface area contributed by atoms with Crippen molar-refractivity contribution in [3.63, 3.8) is 0 Å². The third-order valence-electron chi connectivity index (χ3n) is 2.73. The second kappa shape index (κ2) is 5.91. The molecular formula is C13H12BrF2NS. The fraction of sp³-hybridized carbons (Fsp3) is 0.231. The normalized spacial score (nSPS) is 12.7. The summed E-state index contributed by atoms with van der Waals surface area (Å²) >= 11 is 5.01. The minimum absolute atomic E-state index is 0.0289. The van der Waals surface area contributed by atoms with Crippen LogP contribution in [0.1, 0.15) is 16.5 Å². The number of hydrogen-bond donors (Lipinski definition) is 1. The number of benzene rings is 1. The summed E-state index contributed by atoms with van der Waals surface area (Å²) in [4.78, 5) is 1.12. The second-order valence-electron chi connectivity index (χ2n) is 3.92. The summed E-state index contributed by atoms with van der Waals surface area (Å²) in [7, 11) is 1.83. The molecule has 5 heteroatoms. The van der Waals surface area contributed by atoms with Crippen LogP contribution >= 0.6 is 27.3 Å². The molecule has 0 aliphatic carbocycles. The number of rotatable bonds is 4. The van der Waals surface area contributed by atoms with Crippen LogP contribution < -0.4 is 5.32 Å². The van der Waals surface area contributed by atoms with Gasteiger partial charge in [-0.1, -0.05) is 6.07 Å². The number of nitrogens with one attached hydrogen (secondary N) is 1. The third-order valence-corrected chi connectivity index (χ3v) is 4.46. The van der Waals surface area contributed by atoms with E-state index in [-0.39, 0.29) is 6.04 Å². The van der Waals surface area contributed by atoms with Crippen LogP contribution in [0.4, 0.5) is 8.78 Å². The molecule has 0 amide bonds. The second-order valence-corrected chi connectivity index (χ2v) is 6.42. The van der Waals surface area contributed by atoms with Gasteiger partial charge in [0.2, 0.25) is 0 Å². The van der Waals surface area contributed by atoms with Gasteiger partial charge in [-0.05, 0) is 53.2 Å². The number of halogens is 3. The van der Waals surface area contributed by atoms with Gasteiger partial charge >= 0.3 is 0 Å². The molecule has 1 aromatic carbocycles. The highest BCUT2D eigenvalue weighted by atomic mass is 79.9. The Morgan fingerprint density at radius 1 is 1.28 bits per heavy atom. The van der Waals surface area contributed by atoms with Crippen molar-refractivity contribution >= 4 is 27.3 Å². The molecule has 1 nitrogen and oxygen atoms in total. The molecule has 1 aromatic heterocycles. The van der Waals surface area contributed by atoms with Crippen LogP contribution in [-0.2, 0) is 6.42 Å². The minimum Gasteiger partial charge on any atom is -0.312 e. The Bertz CT molecular complexity index is 542. The summed E-state index contributed by atoms with van der Waals surface area (Å²) in [5.41, 5.74) is 0.514.